The third-order valence-corrected chi connectivity index (χ3v) is 2.54. The largest absolute Gasteiger partial charge is 0.462 e. The predicted octanol–water partition coefficient (Wildman–Crippen LogP) is 2.58. The summed E-state index contributed by atoms with van der Waals surface area (Å²) >= 11 is 0. The van der Waals surface area contributed by atoms with Gasteiger partial charge in [-0.05, 0) is 19.3 Å². The molecular weight excluding hydrogens is 220 g/mol. The van der Waals surface area contributed by atoms with Gasteiger partial charge in [-0.15, -0.1) is 0 Å². The number of hydrogen-bond acceptors (Lipinski definition) is 4. The fourth-order valence-corrected chi connectivity index (χ4v) is 1.32. The van der Waals surface area contributed by atoms with Gasteiger partial charge >= 0.3 is 11.9 Å². The maximum Gasteiger partial charge on any atom is 0.333 e. The van der Waals surface area contributed by atoms with E-state index in [2.05, 4.69) is 6.92 Å². The molecule has 0 aliphatic heterocycles. The average Bonchev–Trinajstić information content (AvgIpc) is 3.12. The Morgan fingerprint density at radius 1 is 1.24 bits per heavy atom. The summed E-state index contributed by atoms with van der Waals surface area (Å²) < 4.78 is 9.69. The van der Waals surface area contributed by atoms with Crippen molar-refractivity contribution >= 4 is 11.9 Å². The highest BCUT2D eigenvalue weighted by Gasteiger charge is 2.30. The normalized spacial score (nSPS) is 14.9. The van der Waals surface area contributed by atoms with E-state index in [0.29, 0.717) is 6.61 Å². The summed E-state index contributed by atoms with van der Waals surface area (Å²) in [6.45, 7) is 2.56. The molecule has 1 rings (SSSR count). The zero-order chi connectivity index (χ0) is 12.5. The van der Waals surface area contributed by atoms with Crippen molar-refractivity contribution in [2.24, 2.45) is 5.92 Å². The molecule has 0 aromatic heterocycles. The maximum absolute atomic E-state index is 11.1. The topological polar surface area (TPSA) is 52.6 Å². The van der Waals surface area contributed by atoms with Crippen LogP contribution >= 0.6 is 0 Å². The van der Waals surface area contributed by atoms with Crippen molar-refractivity contribution in [2.75, 3.05) is 6.61 Å². The molecule has 0 spiro atoms. The Hall–Kier alpha value is -1.32. The van der Waals surface area contributed by atoms with Gasteiger partial charge in [-0.2, -0.15) is 0 Å². The van der Waals surface area contributed by atoms with Crippen LogP contribution in [0.3, 0.4) is 0 Å². The summed E-state index contributed by atoms with van der Waals surface area (Å²) in [4.78, 5) is 22.2. The van der Waals surface area contributed by atoms with Gasteiger partial charge < -0.3 is 9.47 Å². The molecule has 0 amide bonds. The van der Waals surface area contributed by atoms with Crippen molar-refractivity contribution in [2.45, 2.75) is 45.4 Å². The van der Waals surface area contributed by atoms with Crippen LogP contribution in [0.2, 0.25) is 0 Å². The number of carbonyl (C=O) groups excluding carboxylic acids is 2. The van der Waals surface area contributed by atoms with Crippen LogP contribution in [0.1, 0.15) is 45.4 Å². The van der Waals surface area contributed by atoms with Gasteiger partial charge in [0.25, 0.3) is 0 Å². The summed E-state index contributed by atoms with van der Waals surface area (Å²) in [5, 5.41) is 0. The fraction of sp³-hybridized carbons (Fsp3) is 0.692. The van der Waals surface area contributed by atoms with E-state index in [1.54, 1.807) is 0 Å². The first-order chi connectivity index (χ1) is 8.24. The number of rotatable bonds is 8. The Morgan fingerprint density at radius 3 is 2.65 bits per heavy atom. The van der Waals surface area contributed by atoms with Gasteiger partial charge in [0, 0.05) is 0 Å². The molecule has 0 saturated heterocycles. The van der Waals surface area contributed by atoms with E-state index in [-0.39, 0.29) is 11.9 Å². The molecule has 4 nitrogen and oxygen atoms in total. The molecule has 1 aliphatic rings. The van der Waals surface area contributed by atoms with E-state index in [1.165, 1.54) is 0 Å². The number of unbranched alkanes of at least 4 members (excludes halogenated alkanes) is 3. The van der Waals surface area contributed by atoms with Crippen molar-refractivity contribution in [3.05, 3.63) is 12.3 Å². The van der Waals surface area contributed by atoms with Crippen LogP contribution in [0.25, 0.3) is 0 Å². The molecular formula is C13H20O4. The number of esters is 2. The van der Waals surface area contributed by atoms with Crippen LogP contribution in [0.4, 0.5) is 0 Å². The zero-order valence-electron chi connectivity index (χ0n) is 10.3. The smallest absolute Gasteiger partial charge is 0.333 e. The monoisotopic (exact) mass is 240 g/mol. The van der Waals surface area contributed by atoms with E-state index in [0.717, 1.165) is 50.9 Å². The van der Waals surface area contributed by atoms with Gasteiger partial charge in [-0.25, -0.2) is 4.79 Å². The zero-order valence-corrected chi connectivity index (χ0v) is 10.3. The first-order valence-corrected chi connectivity index (χ1v) is 6.28. The lowest BCUT2D eigenvalue weighted by Crippen LogP contribution is -2.04. The minimum Gasteiger partial charge on any atom is -0.462 e. The van der Waals surface area contributed by atoms with Gasteiger partial charge in [0.15, 0.2) is 0 Å². The van der Waals surface area contributed by atoms with E-state index in [9.17, 15) is 9.59 Å². The van der Waals surface area contributed by atoms with Crippen LogP contribution in [0.15, 0.2) is 12.3 Å². The van der Waals surface area contributed by atoms with Gasteiger partial charge in [0.1, 0.15) is 6.26 Å². The lowest BCUT2D eigenvalue weighted by Gasteiger charge is -2.01. The predicted molar refractivity (Wildman–Crippen MR) is 63.1 cm³/mol. The van der Waals surface area contributed by atoms with Crippen molar-refractivity contribution in [1.29, 1.82) is 0 Å². The van der Waals surface area contributed by atoms with Crippen LogP contribution in [-0.2, 0) is 19.1 Å². The fourth-order valence-electron chi connectivity index (χ4n) is 1.32. The van der Waals surface area contributed by atoms with Crippen LogP contribution in [-0.4, -0.2) is 18.5 Å². The Balaban J connectivity index is 1.99. The maximum atomic E-state index is 11.1. The van der Waals surface area contributed by atoms with E-state index >= 15 is 0 Å². The Kier molecular flexibility index (Phi) is 6.37. The second-order valence-electron chi connectivity index (χ2n) is 4.24. The van der Waals surface area contributed by atoms with E-state index in [4.69, 9.17) is 9.47 Å². The summed E-state index contributed by atoms with van der Waals surface area (Å²) in [5.74, 6) is -0.660. The molecule has 0 N–H and O–H groups in total. The highest BCUT2D eigenvalue weighted by atomic mass is 16.5. The molecule has 1 aliphatic carbocycles. The lowest BCUT2D eigenvalue weighted by atomic mass is 10.2. The number of carbonyl (C=O) groups is 2. The average molecular weight is 240 g/mol. The second-order valence-corrected chi connectivity index (χ2v) is 4.24. The van der Waals surface area contributed by atoms with Crippen LogP contribution in [0.5, 0.6) is 0 Å². The van der Waals surface area contributed by atoms with Gasteiger partial charge in [0.2, 0.25) is 0 Å². The highest BCUT2D eigenvalue weighted by Crippen LogP contribution is 2.30. The van der Waals surface area contributed by atoms with Crippen molar-refractivity contribution in [1.82, 2.24) is 0 Å². The van der Waals surface area contributed by atoms with E-state index < -0.39 is 5.97 Å². The second kappa shape index (κ2) is 7.87. The number of ether oxygens (including phenoxy) is 2. The third kappa shape index (κ3) is 6.76. The molecule has 0 bridgehead atoms. The van der Waals surface area contributed by atoms with Gasteiger partial charge in [-0.3, -0.25) is 4.79 Å². The van der Waals surface area contributed by atoms with Crippen LogP contribution < -0.4 is 0 Å². The Morgan fingerprint density at radius 2 is 2.00 bits per heavy atom. The molecule has 17 heavy (non-hydrogen) atoms. The lowest BCUT2D eigenvalue weighted by molar-refractivity contribution is -0.140. The quantitative estimate of drug-likeness (QED) is 0.283. The summed E-state index contributed by atoms with van der Waals surface area (Å²) in [6.07, 6.45) is 8.34. The minimum absolute atomic E-state index is 0.0460. The van der Waals surface area contributed by atoms with Crippen molar-refractivity contribution in [3.8, 4) is 0 Å². The minimum atomic E-state index is -0.454. The first kappa shape index (κ1) is 13.7. The van der Waals surface area contributed by atoms with Crippen LogP contribution in [0, 0.1) is 5.92 Å². The van der Waals surface area contributed by atoms with Crippen molar-refractivity contribution in [3.63, 3.8) is 0 Å². The van der Waals surface area contributed by atoms with Crippen molar-refractivity contribution < 1.29 is 19.1 Å². The SMILES string of the molecule is CCCCCCOC(=O)/C=C/OC(=O)C1CC1. The molecule has 0 heterocycles. The Bertz CT molecular complexity index is 279. The molecule has 1 fully saturated rings. The molecule has 0 unspecified atom stereocenters. The standard InChI is InChI=1S/C13H20O4/c1-2-3-4-5-9-16-12(14)8-10-17-13(15)11-6-7-11/h8,10-11H,2-7,9H2,1H3/b10-8+. The third-order valence-electron chi connectivity index (χ3n) is 2.54. The summed E-state index contributed by atoms with van der Waals surface area (Å²) in [6, 6.07) is 0. The first-order valence-electron chi connectivity index (χ1n) is 6.28. The molecule has 0 atom stereocenters. The molecule has 0 aromatic carbocycles. The molecule has 96 valence electrons. The Labute approximate surface area is 102 Å². The van der Waals surface area contributed by atoms with E-state index in [1.807, 2.05) is 0 Å². The van der Waals surface area contributed by atoms with Gasteiger partial charge in [0.05, 0.1) is 18.6 Å². The van der Waals surface area contributed by atoms with Gasteiger partial charge in [-0.1, -0.05) is 26.2 Å². The highest BCUT2D eigenvalue weighted by molar-refractivity contribution is 5.82. The summed E-state index contributed by atoms with van der Waals surface area (Å²) in [5.41, 5.74) is 0. The number of hydrogen-bond donors (Lipinski definition) is 0. The molecule has 0 aromatic rings. The summed E-state index contributed by atoms with van der Waals surface area (Å²) in [7, 11) is 0. The molecule has 1 saturated carbocycles. The molecule has 0 radical (unpaired) electrons. The molecule has 4 heteroatoms.